The van der Waals surface area contributed by atoms with Crippen LogP contribution in [0, 0.1) is 12.8 Å². The van der Waals surface area contributed by atoms with E-state index in [0.717, 1.165) is 23.2 Å². The SMILES string of the molecule is C=CCOC(=O)Oc1ccc(C(N)CC(=O)N2CC(C)Cc3ccccc32)c(C)c1. The third kappa shape index (κ3) is 5.07. The van der Waals surface area contributed by atoms with Crippen molar-refractivity contribution in [3.05, 3.63) is 71.8 Å². The molecule has 1 aliphatic heterocycles. The van der Waals surface area contributed by atoms with Crippen molar-refractivity contribution in [1.82, 2.24) is 0 Å². The Hall–Kier alpha value is -3.12. The first-order chi connectivity index (χ1) is 14.4. The van der Waals surface area contributed by atoms with E-state index in [1.807, 2.05) is 30.0 Å². The lowest BCUT2D eigenvalue weighted by Crippen LogP contribution is -2.40. The highest BCUT2D eigenvalue weighted by molar-refractivity contribution is 5.95. The van der Waals surface area contributed by atoms with Crippen molar-refractivity contribution in [2.45, 2.75) is 32.7 Å². The van der Waals surface area contributed by atoms with Crippen molar-refractivity contribution < 1.29 is 19.1 Å². The van der Waals surface area contributed by atoms with Gasteiger partial charge in [-0.05, 0) is 54.2 Å². The number of aryl methyl sites for hydroxylation is 1. The summed E-state index contributed by atoms with van der Waals surface area (Å²) in [7, 11) is 0. The van der Waals surface area contributed by atoms with Crippen LogP contribution in [0.3, 0.4) is 0 Å². The molecular weight excluding hydrogens is 380 g/mol. The van der Waals surface area contributed by atoms with E-state index < -0.39 is 12.2 Å². The first kappa shape index (κ1) is 21.6. The molecule has 0 fully saturated rings. The predicted molar refractivity (Wildman–Crippen MR) is 117 cm³/mol. The molecule has 1 aliphatic rings. The van der Waals surface area contributed by atoms with Crippen molar-refractivity contribution in [1.29, 1.82) is 0 Å². The molecule has 6 nitrogen and oxygen atoms in total. The van der Waals surface area contributed by atoms with E-state index in [0.29, 0.717) is 18.2 Å². The molecule has 158 valence electrons. The molecule has 2 aromatic carbocycles. The van der Waals surface area contributed by atoms with Crippen molar-refractivity contribution in [3.63, 3.8) is 0 Å². The van der Waals surface area contributed by atoms with Gasteiger partial charge in [0.1, 0.15) is 12.4 Å². The first-order valence-electron chi connectivity index (χ1n) is 10.1. The molecular formula is C24H28N2O4. The molecule has 1 heterocycles. The molecule has 0 saturated carbocycles. The number of carbonyl (C=O) groups excluding carboxylic acids is 2. The number of hydrogen-bond donors (Lipinski definition) is 1. The van der Waals surface area contributed by atoms with Crippen LogP contribution < -0.4 is 15.4 Å². The number of hydrogen-bond acceptors (Lipinski definition) is 5. The number of carbonyl (C=O) groups is 2. The second-order valence-corrected chi connectivity index (χ2v) is 7.72. The summed E-state index contributed by atoms with van der Waals surface area (Å²) in [5, 5.41) is 0. The van der Waals surface area contributed by atoms with Gasteiger partial charge < -0.3 is 20.1 Å². The molecule has 2 aromatic rings. The van der Waals surface area contributed by atoms with Crippen LogP contribution in [0.15, 0.2) is 55.1 Å². The minimum absolute atomic E-state index is 0.00855. The van der Waals surface area contributed by atoms with Gasteiger partial charge in [0.15, 0.2) is 0 Å². The molecule has 0 aromatic heterocycles. The summed E-state index contributed by atoms with van der Waals surface area (Å²) >= 11 is 0. The summed E-state index contributed by atoms with van der Waals surface area (Å²) in [5.74, 6) is 0.774. The van der Waals surface area contributed by atoms with Crippen molar-refractivity contribution >= 4 is 17.7 Å². The van der Waals surface area contributed by atoms with Gasteiger partial charge in [-0.2, -0.15) is 0 Å². The van der Waals surface area contributed by atoms with E-state index in [9.17, 15) is 9.59 Å². The third-order valence-electron chi connectivity index (χ3n) is 5.20. The minimum atomic E-state index is -0.792. The lowest BCUT2D eigenvalue weighted by atomic mass is 9.92. The Morgan fingerprint density at radius 2 is 2.07 bits per heavy atom. The van der Waals surface area contributed by atoms with Crippen molar-refractivity contribution in [3.8, 4) is 5.75 Å². The molecule has 2 N–H and O–H groups in total. The van der Waals surface area contributed by atoms with Crippen LogP contribution in [0.25, 0.3) is 0 Å². The number of nitrogens with two attached hydrogens (primary N) is 1. The normalized spacial score (nSPS) is 16.4. The molecule has 0 saturated heterocycles. The van der Waals surface area contributed by atoms with E-state index in [2.05, 4.69) is 19.6 Å². The highest BCUT2D eigenvalue weighted by Gasteiger charge is 2.27. The molecule has 6 heteroatoms. The summed E-state index contributed by atoms with van der Waals surface area (Å²) in [6, 6.07) is 12.7. The maximum atomic E-state index is 13.1. The van der Waals surface area contributed by atoms with Gasteiger partial charge in [0.2, 0.25) is 5.91 Å². The van der Waals surface area contributed by atoms with Gasteiger partial charge in [-0.25, -0.2) is 4.79 Å². The number of rotatable bonds is 6. The highest BCUT2D eigenvalue weighted by Crippen LogP contribution is 2.31. The lowest BCUT2D eigenvalue weighted by molar-refractivity contribution is -0.119. The average molecular weight is 408 g/mol. The summed E-state index contributed by atoms with van der Waals surface area (Å²) in [6.45, 7) is 8.29. The van der Waals surface area contributed by atoms with Crippen LogP contribution in [0.5, 0.6) is 5.75 Å². The summed E-state index contributed by atoms with van der Waals surface area (Å²) < 4.78 is 9.95. The summed E-state index contributed by atoms with van der Waals surface area (Å²) in [6.07, 6.45) is 1.85. The Bertz CT molecular complexity index is 941. The van der Waals surface area contributed by atoms with Crippen LogP contribution in [-0.2, 0) is 16.0 Å². The van der Waals surface area contributed by atoms with E-state index in [1.165, 1.54) is 11.6 Å². The first-order valence-corrected chi connectivity index (χ1v) is 10.1. The molecule has 2 atom stereocenters. The van der Waals surface area contributed by atoms with Gasteiger partial charge in [-0.1, -0.05) is 43.8 Å². The molecule has 3 rings (SSSR count). The van der Waals surface area contributed by atoms with E-state index >= 15 is 0 Å². The molecule has 0 radical (unpaired) electrons. The Kier molecular flexibility index (Phi) is 6.90. The fourth-order valence-corrected chi connectivity index (χ4v) is 3.82. The van der Waals surface area contributed by atoms with Crippen LogP contribution in [0.1, 0.15) is 36.1 Å². The number of ether oxygens (including phenoxy) is 2. The second kappa shape index (κ2) is 9.59. The molecule has 0 spiro atoms. The average Bonchev–Trinajstić information content (AvgIpc) is 2.71. The number of nitrogens with zero attached hydrogens (tertiary/aromatic N) is 1. The van der Waals surface area contributed by atoms with E-state index in [4.69, 9.17) is 15.2 Å². The van der Waals surface area contributed by atoms with Crippen molar-refractivity contribution in [2.24, 2.45) is 11.7 Å². The zero-order chi connectivity index (χ0) is 21.7. The van der Waals surface area contributed by atoms with Crippen LogP contribution in [0.2, 0.25) is 0 Å². The van der Waals surface area contributed by atoms with Gasteiger partial charge in [0.05, 0.1) is 0 Å². The number of fused-ring (bicyclic) bond motifs is 1. The number of benzene rings is 2. The van der Waals surface area contributed by atoms with Crippen LogP contribution in [0.4, 0.5) is 10.5 Å². The number of amides is 1. The van der Waals surface area contributed by atoms with Gasteiger partial charge in [-0.15, -0.1) is 0 Å². The zero-order valence-electron chi connectivity index (χ0n) is 17.5. The van der Waals surface area contributed by atoms with Crippen LogP contribution >= 0.6 is 0 Å². The maximum absolute atomic E-state index is 13.1. The summed E-state index contributed by atoms with van der Waals surface area (Å²) in [4.78, 5) is 26.5. The van der Waals surface area contributed by atoms with Gasteiger partial charge in [0, 0.05) is 24.7 Å². The largest absolute Gasteiger partial charge is 0.514 e. The van der Waals surface area contributed by atoms with Gasteiger partial charge >= 0.3 is 6.16 Å². The quantitative estimate of drug-likeness (QED) is 0.437. The standard InChI is InChI=1S/C24H28N2O4/c1-4-11-29-24(28)30-19-9-10-20(17(3)13-19)21(25)14-23(27)26-15-16(2)12-18-7-5-6-8-22(18)26/h4-10,13,16,21H,1,11-12,14-15,25H2,2-3H3. The van der Waals surface area contributed by atoms with Crippen molar-refractivity contribution in [2.75, 3.05) is 18.1 Å². The fraction of sp³-hybridized carbons (Fsp3) is 0.333. The monoisotopic (exact) mass is 408 g/mol. The number of anilines is 1. The Morgan fingerprint density at radius 3 is 2.80 bits per heavy atom. The molecule has 1 amide bonds. The Labute approximate surface area is 177 Å². The summed E-state index contributed by atoms with van der Waals surface area (Å²) in [5.41, 5.74) is 10.2. The smallest absolute Gasteiger partial charge is 0.430 e. The third-order valence-corrected chi connectivity index (χ3v) is 5.20. The molecule has 30 heavy (non-hydrogen) atoms. The molecule has 2 unspecified atom stereocenters. The van der Waals surface area contributed by atoms with Gasteiger partial charge in [-0.3, -0.25) is 4.79 Å². The highest BCUT2D eigenvalue weighted by atomic mass is 16.7. The van der Waals surface area contributed by atoms with Crippen LogP contribution in [-0.4, -0.2) is 25.2 Å². The molecule has 0 aliphatic carbocycles. The Morgan fingerprint density at radius 1 is 1.30 bits per heavy atom. The minimum Gasteiger partial charge on any atom is -0.430 e. The second-order valence-electron chi connectivity index (χ2n) is 7.72. The molecule has 0 bridgehead atoms. The van der Waals surface area contributed by atoms with Gasteiger partial charge in [0.25, 0.3) is 0 Å². The fourth-order valence-electron chi connectivity index (χ4n) is 3.82. The lowest BCUT2D eigenvalue weighted by Gasteiger charge is -2.34. The van der Waals surface area contributed by atoms with E-state index in [-0.39, 0.29) is 18.9 Å². The topological polar surface area (TPSA) is 81.9 Å². The maximum Gasteiger partial charge on any atom is 0.514 e. The zero-order valence-corrected chi connectivity index (χ0v) is 17.5. The Balaban J connectivity index is 1.68. The number of para-hydroxylation sites is 1. The predicted octanol–water partition coefficient (Wildman–Crippen LogP) is 4.31. The van der Waals surface area contributed by atoms with E-state index in [1.54, 1.807) is 18.2 Å².